The third-order valence-electron chi connectivity index (χ3n) is 8.87. The van der Waals surface area contributed by atoms with Crippen molar-refractivity contribution >= 4 is 34.4 Å². The van der Waals surface area contributed by atoms with E-state index in [2.05, 4.69) is 103 Å². The van der Waals surface area contributed by atoms with Crippen LogP contribution < -0.4 is 10.0 Å². The monoisotopic (exact) mass is 582 g/mol. The molecule has 222 valence electrons. The van der Waals surface area contributed by atoms with Gasteiger partial charge in [0.2, 0.25) is 5.91 Å². The fraction of sp³-hybridized carbons (Fsp3) is 0.417. The third kappa shape index (κ3) is 6.55. The van der Waals surface area contributed by atoms with Crippen LogP contribution in [0.3, 0.4) is 0 Å². The second-order valence-electron chi connectivity index (χ2n) is 12.0. The molecule has 1 aliphatic rings. The Morgan fingerprint density at radius 2 is 1.71 bits per heavy atom. The summed E-state index contributed by atoms with van der Waals surface area (Å²) in [5.74, 6) is 0.255. The van der Waals surface area contributed by atoms with Gasteiger partial charge in [-0.2, -0.15) is 0 Å². The second kappa shape index (κ2) is 13.4. The first-order valence-electron chi connectivity index (χ1n) is 15.4. The minimum Gasteiger partial charge on any atom is -0.354 e. The van der Waals surface area contributed by atoms with Gasteiger partial charge in [0.1, 0.15) is 0 Å². The van der Waals surface area contributed by atoms with Gasteiger partial charge in [-0.05, 0) is 132 Å². The van der Waals surface area contributed by atoms with Gasteiger partial charge in [-0.25, -0.2) is 0 Å². The summed E-state index contributed by atoms with van der Waals surface area (Å²) >= 11 is 1.62. The molecule has 4 aromatic rings. The van der Waals surface area contributed by atoms with E-state index in [9.17, 15) is 4.79 Å². The van der Waals surface area contributed by atoms with Gasteiger partial charge >= 0.3 is 0 Å². The van der Waals surface area contributed by atoms with Crippen LogP contribution in [-0.2, 0) is 23.1 Å². The third-order valence-corrected chi connectivity index (χ3v) is 9.31. The average Bonchev–Trinajstić information content (AvgIpc) is 3.49. The highest BCUT2D eigenvalue weighted by Gasteiger charge is 2.43. The number of aryl methyl sites for hydroxylation is 3. The number of likely N-dealkylation sites (tertiary alicyclic amines) is 1. The van der Waals surface area contributed by atoms with Crippen molar-refractivity contribution in [2.24, 2.45) is 0 Å². The lowest BCUT2D eigenvalue weighted by Gasteiger charge is -2.23. The average molecular weight is 583 g/mol. The largest absolute Gasteiger partial charge is 0.354 e. The van der Waals surface area contributed by atoms with Crippen LogP contribution >= 0.6 is 11.9 Å². The predicted molar refractivity (Wildman–Crippen MR) is 181 cm³/mol. The number of carbonyl (C=O) groups excluding carboxylic acids is 1. The fourth-order valence-electron chi connectivity index (χ4n) is 6.48. The van der Waals surface area contributed by atoms with E-state index in [1.165, 1.54) is 45.3 Å². The number of anilines is 1. The molecule has 1 saturated heterocycles. The van der Waals surface area contributed by atoms with Crippen LogP contribution in [0.2, 0.25) is 0 Å². The number of unbranched alkanes of at least 4 members (excludes halogenated alkanes) is 1. The number of rotatable bonds is 13. The maximum Gasteiger partial charge on any atom is 0.233 e. The molecular weight excluding hydrogens is 536 g/mol. The van der Waals surface area contributed by atoms with Crippen molar-refractivity contribution in [3.63, 3.8) is 0 Å². The molecule has 5 nitrogen and oxygen atoms in total. The van der Waals surface area contributed by atoms with Crippen LogP contribution in [0.1, 0.15) is 60.9 Å². The smallest absolute Gasteiger partial charge is 0.233 e. The highest BCUT2D eigenvalue weighted by molar-refractivity contribution is 7.99. The zero-order valence-electron chi connectivity index (χ0n) is 25.9. The molecule has 3 N–H and O–H groups in total. The summed E-state index contributed by atoms with van der Waals surface area (Å²) in [4.78, 5) is 19.1. The van der Waals surface area contributed by atoms with Crippen LogP contribution in [0.5, 0.6) is 0 Å². The number of hydrogen-bond donors (Lipinski definition) is 3. The summed E-state index contributed by atoms with van der Waals surface area (Å²) in [6.45, 7) is 12.1. The van der Waals surface area contributed by atoms with Crippen LogP contribution in [-0.4, -0.2) is 48.2 Å². The maximum atomic E-state index is 13.3. The molecule has 0 aliphatic carbocycles. The van der Waals surface area contributed by atoms with Crippen molar-refractivity contribution in [1.29, 1.82) is 0 Å². The van der Waals surface area contributed by atoms with E-state index in [0.29, 0.717) is 0 Å². The van der Waals surface area contributed by atoms with E-state index in [1.54, 1.807) is 11.9 Å². The Labute approximate surface area is 256 Å². The standard InChI is InChI=1S/C36H46N4OS/c1-6-40-20-17-36(4,35(40)41)29-12-15-33-32(24-29)31(34(38-33)28-22-25(2)21-26(3)23-28)16-19-37-18-8-7-9-27-10-13-30(14-11-27)39-42-5/h10-15,21-24,37-39H,6-9,16-20H2,1-5H3. The van der Waals surface area contributed by atoms with E-state index in [1.807, 2.05) is 11.2 Å². The fourth-order valence-corrected chi connectivity index (χ4v) is 6.85. The maximum absolute atomic E-state index is 13.3. The Kier molecular flexibility index (Phi) is 9.64. The van der Waals surface area contributed by atoms with Gasteiger partial charge in [0.05, 0.1) is 5.41 Å². The minimum absolute atomic E-state index is 0.255. The number of H-pyrrole nitrogens is 1. The number of aromatic nitrogens is 1. The Hall–Kier alpha value is -3.22. The molecular formula is C36H46N4OS. The van der Waals surface area contributed by atoms with Crippen LogP contribution in [0.15, 0.2) is 60.7 Å². The molecule has 1 unspecified atom stereocenters. The molecule has 2 heterocycles. The summed E-state index contributed by atoms with van der Waals surface area (Å²) in [6, 6.07) is 22.2. The van der Waals surface area contributed by atoms with Crippen molar-refractivity contribution in [3.8, 4) is 11.3 Å². The number of amides is 1. The van der Waals surface area contributed by atoms with E-state index in [-0.39, 0.29) is 5.91 Å². The summed E-state index contributed by atoms with van der Waals surface area (Å²) < 4.78 is 3.28. The molecule has 1 amide bonds. The topological polar surface area (TPSA) is 60.2 Å². The van der Waals surface area contributed by atoms with E-state index in [0.717, 1.165) is 68.6 Å². The van der Waals surface area contributed by atoms with Crippen LogP contribution in [0.4, 0.5) is 5.69 Å². The highest BCUT2D eigenvalue weighted by Crippen LogP contribution is 2.39. The molecule has 0 saturated carbocycles. The normalized spacial score (nSPS) is 17.0. The summed E-state index contributed by atoms with van der Waals surface area (Å²) in [5.41, 5.74) is 10.7. The summed E-state index contributed by atoms with van der Waals surface area (Å²) in [5, 5.41) is 4.95. The molecule has 5 rings (SSSR count). The number of hydrogen-bond acceptors (Lipinski definition) is 4. The van der Waals surface area contributed by atoms with Crippen molar-refractivity contribution in [1.82, 2.24) is 15.2 Å². The number of fused-ring (bicyclic) bond motifs is 1. The molecule has 42 heavy (non-hydrogen) atoms. The second-order valence-corrected chi connectivity index (χ2v) is 12.7. The van der Waals surface area contributed by atoms with Crippen molar-refractivity contribution in [2.75, 3.05) is 37.2 Å². The van der Waals surface area contributed by atoms with Gasteiger partial charge in [-0.1, -0.05) is 47.3 Å². The SMILES string of the molecule is CCN1CCC(C)(c2ccc3[nH]c(-c4cc(C)cc(C)c4)c(CCNCCCCc4ccc(NSC)cc4)c3c2)C1=O. The molecule has 1 aliphatic heterocycles. The Bertz CT molecular complexity index is 1510. The molecule has 0 spiro atoms. The first-order valence-corrected chi connectivity index (χ1v) is 16.7. The number of nitrogens with one attached hydrogen (secondary N) is 3. The molecule has 3 aromatic carbocycles. The van der Waals surface area contributed by atoms with Crippen molar-refractivity contribution in [3.05, 3.63) is 88.5 Å². The van der Waals surface area contributed by atoms with Crippen molar-refractivity contribution < 1.29 is 4.79 Å². The highest BCUT2D eigenvalue weighted by atomic mass is 32.2. The number of likely N-dealkylation sites (N-methyl/N-ethyl adjacent to an activating group) is 1. The molecule has 1 aromatic heterocycles. The predicted octanol–water partition coefficient (Wildman–Crippen LogP) is 7.81. The number of aromatic amines is 1. The van der Waals surface area contributed by atoms with Crippen LogP contribution in [0.25, 0.3) is 22.2 Å². The van der Waals surface area contributed by atoms with Gasteiger partial charge in [0, 0.05) is 41.6 Å². The Morgan fingerprint density at radius 1 is 0.952 bits per heavy atom. The number of nitrogens with zero attached hydrogens (tertiary/aromatic N) is 1. The Morgan fingerprint density at radius 3 is 2.40 bits per heavy atom. The first-order chi connectivity index (χ1) is 20.3. The zero-order valence-corrected chi connectivity index (χ0v) is 26.7. The number of carbonyl (C=O) groups is 1. The lowest BCUT2D eigenvalue weighted by Crippen LogP contribution is -2.35. The first kappa shape index (κ1) is 30.2. The van der Waals surface area contributed by atoms with E-state index >= 15 is 0 Å². The van der Waals surface area contributed by atoms with Gasteiger partial charge in [0.15, 0.2) is 0 Å². The van der Waals surface area contributed by atoms with Gasteiger partial charge < -0.3 is 19.9 Å². The zero-order chi connectivity index (χ0) is 29.7. The summed E-state index contributed by atoms with van der Waals surface area (Å²) in [6.07, 6.45) is 7.28. The quantitative estimate of drug-likeness (QED) is 0.111. The number of benzene rings is 3. The van der Waals surface area contributed by atoms with Crippen molar-refractivity contribution in [2.45, 2.75) is 65.2 Å². The van der Waals surface area contributed by atoms with Gasteiger partial charge in [-0.15, -0.1) is 0 Å². The van der Waals surface area contributed by atoms with Gasteiger partial charge in [-0.3, -0.25) is 4.79 Å². The minimum atomic E-state index is -0.455. The molecule has 6 heteroatoms. The van der Waals surface area contributed by atoms with Crippen LogP contribution in [0, 0.1) is 13.8 Å². The lowest BCUT2D eigenvalue weighted by molar-refractivity contribution is -0.131. The van der Waals surface area contributed by atoms with Gasteiger partial charge in [0.25, 0.3) is 0 Å². The molecule has 1 atom stereocenters. The van der Waals surface area contributed by atoms with E-state index in [4.69, 9.17) is 0 Å². The summed E-state index contributed by atoms with van der Waals surface area (Å²) in [7, 11) is 0. The lowest BCUT2D eigenvalue weighted by atomic mass is 9.80. The van der Waals surface area contributed by atoms with E-state index < -0.39 is 5.41 Å². The molecule has 1 fully saturated rings. The molecule has 0 bridgehead atoms. The molecule has 0 radical (unpaired) electrons. The Balaban J connectivity index is 1.30.